The lowest BCUT2D eigenvalue weighted by molar-refractivity contribution is 0.627. The molecule has 17 heavy (non-hydrogen) atoms. The van der Waals surface area contributed by atoms with Crippen LogP contribution in [-0.4, -0.2) is 4.57 Å². The molecular weight excluding hydrogens is 241 g/mol. The first-order valence-electron chi connectivity index (χ1n) is 5.29. The normalized spacial score (nSPS) is 10.5. The van der Waals surface area contributed by atoms with Crippen molar-refractivity contribution in [3.05, 3.63) is 57.6 Å². The first-order valence-corrected chi connectivity index (χ1v) is 5.67. The van der Waals surface area contributed by atoms with Gasteiger partial charge in [0.15, 0.2) is 0 Å². The van der Waals surface area contributed by atoms with Crippen LogP contribution in [0.4, 0.5) is 4.39 Å². The molecule has 88 valence electrons. The van der Waals surface area contributed by atoms with Crippen LogP contribution in [0.25, 0.3) is 11.3 Å². The second-order valence-electron chi connectivity index (χ2n) is 3.59. The van der Waals surface area contributed by atoms with Crippen LogP contribution in [0.1, 0.15) is 6.92 Å². The van der Waals surface area contributed by atoms with Crippen molar-refractivity contribution in [2.75, 3.05) is 0 Å². The third-order valence-corrected chi connectivity index (χ3v) is 2.90. The molecule has 0 aliphatic carbocycles. The van der Waals surface area contributed by atoms with Gasteiger partial charge in [-0.15, -0.1) is 0 Å². The Bertz CT molecular complexity index is 586. The van der Waals surface area contributed by atoms with Crippen molar-refractivity contribution in [1.29, 1.82) is 0 Å². The van der Waals surface area contributed by atoms with E-state index in [0.717, 1.165) is 0 Å². The number of benzene rings is 1. The lowest BCUT2D eigenvalue weighted by Gasteiger charge is -2.12. The maximum Gasteiger partial charge on any atom is 0.250 e. The van der Waals surface area contributed by atoms with Gasteiger partial charge < -0.3 is 4.57 Å². The van der Waals surface area contributed by atoms with E-state index in [9.17, 15) is 9.18 Å². The van der Waals surface area contributed by atoms with Crippen LogP contribution in [0, 0.1) is 5.82 Å². The van der Waals surface area contributed by atoms with Crippen LogP contribution in [0.5, 0.6) is 0 Å². The molecule has 0 saturated heterocycles. The Kier molecular flexibility index (Phi) is 3.29. The highest BCUT2D eigenvalue weighted by atomic mass is 35.5. The van der Waals surface area contributed by atoms with E-state index >= 15 is 0 Å². The van der Waals surface area contributed by atoms with Crippen molar-refractivity contribution in [3.63, 3.8) is 0 Å². The van der Waals surface area contributed by atoms with Gasteiger partial charge >= 0.3 is 0 Å². The van der Waals surface area contributed by atoms with Gasteiger partial charge in [-0.3, -0.25) is 4.79 Å². The summed E-state index contributed by atoms with van der Waals surface area (Å²) in [6.07, 6.45) is 0. The van der Waals surface area contributed by atoms with E-state index in [0.29, 0.717) is 17.3 Å². The van der Waals surface area contributed by atoms with Crippen LogP contribution in [0.15, 0.2) is 41.2 Å². The van der Waals surface area contributed by atoms with Gasteiger partial charge in [-0.2, -0.15) is 0 Å². The van der Waals surface area contributed by atoms with E-state index in [-0.39, 0.29) is 11.1 Å². The molecule has 2 rings (SSSR count). The fraction of sp³-hybridized carbons (Fsp3) is 0.154. The molecule has 0 atom stereocenters. The van der Waals surface area contributed by atoms with Crippen molar-refractivity contribution >= 4 is 11.6 Å². The minimum absolute atomic E-state index is 0.163. The lowest BCUT2D eigenvalue weighted by atomic mass is 10.1. The van der Waals surface area contributed by atoms with Crippen LogP contribution in [0.3, 0.4) is 0 Å². The molecule has 0 aliphatic rings. The van der Waals surface area contributed by atoms with E-state index in [4.69, 9.17) is 11.6 Å². The SMILES string of the molecule is CCn1c(-c2c(F)cccc2Cl)cccc1=O. The largest absolute Gasteiger partial charge is 0.308 e. The number of hydrogen-bond donors (Lipinski definition) is 0. The molecule has 2 nitrogen and oxygen atoms in total. The van der Waals surface area contributed by atoms with Gasteiger partial charge in [0, 0.05) is 12.6 Å². The first kappa shape index (κ1) is 11.9. The van der Waals surface area contributed by atoms with E-state index in [1.54, 1.807) is 24.3 Å². The molecule has 0 fully saturated rings. The molecule has 1 aromatic heterocycles. The van der Waals surface area contributed by atoms with Gasteiger partial charge in [-0.25, -0.2) is 4.39 Å². The average molecular weight is 252 g/mol. The Balaban J connectivity index is 2.77. The zero-order chi connectivity index (χ0) is 12.4. The molecule has 1 aromatic carbocycles. The summed E-state index contributed by atoms with van der Waals surface area (Å²) >= 11 is 5.99. The number of hydrogen-bond acceptors (Lipinski definition) is 1. The van der Waals surface area contributed by atoms with Crippen molar-refractivity contribution < 1.29 is 4.39 Å². The number of pyridine rings is 1. The summed E-state index contributed by atoms with van der Waals surface area (Å²) in [5, 5.41) is 0.304. The molecular formula is C13H11ClFNO. The zero-order valence-corrected chi connectivity index (χ0v) is 10.0. The van der Waals surface area contributed by atoms with Crippen LogP contribution < -0.4 is 5.56 Å². The van der Waals surface area contributed by atoms with Crippen molar-refractivity contribution in [1.82, 2.24) is 4.57 Å². The molecule has 0 spiro atoms. The average Bonchev–Trinajstić information content (AvgIpc) is 2.29. The highest BCUT2D eigenvalue weighted by Crippen LogP contribution is 2.29. The second-order valence-corrected chi connectivity index (χ2v) is 4.00. The molecule has 0 N–H and O–H groups in total. The predicted molar refractivity (Wildman–Crippen MR) is 66.8 cm³/mol. The summed E-state index contributed by atoms with van der Waals surface area (Å²) < 4.78 is 15.3. The molecule has 0 aliphatic heterocycles. The molecule has 0 bridgehead atoms. The maximum atomic E-state index is 13.8. The highest BCUT2D eigenvalue weighted by molar-refractivity contribution is 6.33. The van der Waals surface area contributed by atoms with Gasteiger partial charge in [0.25, 0.3) is 5.56 Å². The Morgan fingerprint density at radius 3 is 2.59 bits per heavy atom. The second kappa shape index (κ2) is 4.72. The Morgan fingerprint density at radius 2 is 1.94 bits per heavy atom. The standard InChI is InChI=1S/C13H11ClFNO/c1-2-16-11(7-4-8-12(16)17)13-9(14)5-3-6-10(13)15/h3-8H,2H2,1H3. The minimum atomic E-state index is -0.426. The Morgan fingerprint density at radius 1 is 1.24 bits per heavy atom. The number of rotatable bonds is 2. The third-order valence-electron chi connectivity index (χ3n) is 2.58. The lowest BCUT2D eigenvalue weighted by Crippen LogP contribution is -2.19. The minimum Gasteiger partial charge on any atom is -0.308 e. The molecule has 0 radical (unpaired) electrons. The summed E-state index contributed by atoms with van der Waals surface area (Å²) in [5.41, 5.74) is 0.612. The quantitative estimate of drug-likeness (QED) is 0.803. The highest BCUT2D eigenvalue weighted by Gasteiger charge is 2.13. The van der Waals surface area contributed by atoms with Gasteiger partial charge in [-0.05, 0) is 25.1 Å². The van der Waals surface area contributed by atoms with Gasteiger partial charge in [0.2, 0.25) is 0 Å². The summed E-state index contributed by atoms with van der Waals surface area (Å²) in [6.45, 7) is 2.30. The fourth-order valence-corrected chi connectivity index (χ4v) is 2.07. The summed E-state index contributed by atoms with van der Waals surface area (Å²) in [4.78, 5) is 11.7. The van der Waals surface area contributed by atoms with Crippen molar-refractivity contribution in [3.8, 4) is 11.3 Å². The number of nitrogens with zero attached hydrogens (tertiary/aromatic N) is 1. The summed E-state index contributed by atoms with van der Waals surface area (Å²) in [5.74, 6) is -0.426. The molecule has 0 unspecified atom stereocenters. The number of aromatic nitrogens is 1. The fourth-order valence-electron chi connectivity index (χ4n) is 1.81. The Hall–Kier alpha value is -1.61. The van der Waals surface area contributed by atoms with Crippen LogP contribution in [-0.2, 0) is 6.54 Å². The molecule has 4 heteroatoms. The van der Waals surface area contributed by atoms with Crippen molar-refractivity contribution in [2.45, 2.75) is 13.5 Å². The van der Waals surface area contributed by atoms with Crippen molar-refractivity contribution in [2.24, 2.45) is 0 Å². The van der Waals surface area contributed by atoms with E-state index in [1.807, 2.05) is 6.92 Å². The van der Waals surface area contributed by atoms with Gasteiger partial charge in [0.1, 0.15) is 5.82 Å². The summed E-state index contributed by atoms with van der Waals surface area (Å²) in [6, 6.07) is 9.22. The monoisotopic (exact) mass is 251 g/mol. The van der Waals surface area contributed by atoms with E-state index < -0.39 is 5.82 Å². The van der Waals surface area contributed by atoms with Gasteiger partial charge in [0.05, 0.1) is 16.3 Å². The molecule has 0 amide bonds. The zero-order valence-electron chi connectivity index (χ0n) is 9.28. The van der Waals surface area contributed by atoms with E-state index in [2.05, 4.69) is 0 Å². The maximum absolute atomic E-state index is 13.8. The summed E-state index contributed by atoms with van der Waals surface area (Å²) in [7, 11) is 0. The predicted octanol–water partition coefficient (Wildman–Crippen LogP) is 3.33. The Labute approximate surface area is 103 Å². The smallest absolute Gasteiger partial charge is 0.250 e. The molecule has 1 heterocycles. The topological polar surface area (TPSA) is 22.0 Å². The first-order chi connectivity index (χ1) is 8.15. The molecule has 2 aromatic rings. The molecule has 0 saturated carbocycles. The number of halogens is 2. The van der Waals surface area contributed by atoms with Crippen LogP contribution in [0.2, 0.25) is 5.02 Å². The van der Waals surface area contributed by atoms with Crippen LogP contribution >= 0.6 is 11.6 Å². The third kappa shape index (κ3) is 2.11. The van der Waals surface area contributed by atoms with Gasteiger partial charge in [-0.1, -0.05) is 23.7 Å². The van der Waals surface area contributed by atoms with E-state index in [1.165, 1.54) is 16.7 Å².